The SMILES string of the molecule is C=CCCC(C)(O)C(C)(O)C(CCC)CC(=O)C1C(C(=O)C(CC(C)(O)CC2CCCCC2)C2CCCC2)CC2C1C2(C)C. The van der Waals surface area contributed by atoms with E-state index in [0.29, 0.717) is 43.4 Å². The van der Waals surface area contributed by atoms with Crippen molar-refractivity contribution >= 4 is 11.6 Å². The molecule has 252 valence electrons. The lowest BCUT2D eigenvalue weighted by Gasteiger charge is -2.44. The summed E-state index contributed by atoms with van der Waals surface area (Å²) in [6, 6.07) is 0. The second-order valence-corrected chi connectivity index (χ2v) is 17.2. The van der Waals surface area contributed by atoms with E-state index in [1.807, 2.05) is 6.92 Å². The van der Waals surface area contributed by atoms with Gasteiger partial charge >= 0.3 is 0 Å². The Labute approximate surface area is 269 Å². The zero-order valence-corrected chi connectivity index (χ0v) is 29.1. The van der Waals surface area contributed by atoms with Gasteiger partial charge in [0.2, 0.25) is 0 Å². The summed E-state index contributed by atoms with van der Waals surface area (Å²) in [5.41, 5.74) is -3.62. The summed E-state index contributed by atoms with van der Waals surface area (Å²) < 4.78 is 0. The summed E-state index contributed by atoms with van der Waals surface area (Å²) in [7, 11) is 0. The van der Waals surface area contributed by atoms with Gasteiger partial charge < -0.3 is 15.3 Å². The standard InChI is InChI=1S/C39H66O5/c1-8-10-21-38(6,43)39(7,44)28(16-9-2)22-32(40)33-29(23-31-34(33)36(31,3)4)35(41)30(27-19-14-15-20-27)25-37(5,42)24-26-17-12-11-13-18-26/h8,26-31,33-34,42-44H,1,9-25H2,2-7H3. The minimum absolute atomic E-state index is 0.0463. The van der Waals surface area contributed by atoms with Crippen LogP contribution in [0.2, 0.25) is 0 Å². The van der Waals surface area contributed by atoms with Gasteiger partial charge in [-0.25, -0.2) is 0 Å². The van der Waals surface area contributed by atoms with E-state index in [-0.39, 0.29) is 47.1 Å². The van der Waals surface area contributed by atoms with Crippen LogP contribution < -0.4 is 0 Å². The Bertz CT molecular complexity index is 996. The number of carbonyl (C=O) groups is 2. The number of rotatable bonds is 17. The largest absolute Gasteiger partial charge is 0.390 e. The molecule has 4 aliphatic carbocycles. The van der Waals surface area contributed by atoms with Crippen LogP contribution in [0.15, 0.2) is 12.7 Å². The van der Waals surface area contributed by atoms with Crippen molar-refractivity contribution in [2.45, 2.75) is 167 Å². The quantitative estimate of drug-likeness (QED) is 0.144. The number of hydrogen-bond donors (Lipinski definition) is 3. The van der Waals surface area contributed by atoms with E-state index >= 15 is 0 Å². The fraction of sp³-hybridized carbons (Fsp3) is 0.897. The van der Waals surface area contributed by atoms with Crippen molar-refractivity contribution in [3.63, 3.8) is 0 Å². The Morgan fingerprint density at radius 3 is 2.18 bits per heavy atom. The topological polar surface area (TPSA) is 94.8 Å². The number of carbonyl (C=O) groups excluding carboxylic acids is 2. The van der Waals surface area contributed by atoms with Crippen LogP contribution >= 0.6 is 0 Å². The second-order valence-electron chi connectivity index (χ2n) is 17.2. The molecule has 0 heterocycles. The molecule has 0 saturated heterocycles. The third kappa shape index (κ3) is 7.57. The number of ketones is 2. The molecule has 9 unspecified atom stereocenters. The molecule has 44 heavy (non-hydrogen) atoms. The summed E-state index contributed by atoms with van der Waals surface area (Å²) in [5.74, 6) is 0.539. The predicted molar refractivity (Wildman–Crippen MR) is 178 cm³/mol. The van der Waals surface area contributed by atoms with Crippen molar-refractivity contribution in [1.29, 1.82) is 0 Å². The number of Topliss-reactive ketones (excluding diaryl/α,β-unsaturated/α-hetero) is 2. The highest BCUT2D eigenvalue weighted by Gasteiger charge is 2.70. The van der Waals surface area contributed by atoms with Gasteiger partial charge in [0.25, 0.3) is 0 Å². The van der Waals surface area contributed by atoms with Gasteiger partial charge in [-0.3, -0.25) is 9.59 Å². The first-order chi connectivity index (χ1) is 20.6. The maximum Gasteiger partial charge on any atom is 0.140 e. The molecule has 4 fully saturated rings. The monoisotopic (exact) mass is 614 g/mol. The fourth-order valence-electron chi connectivity index (χ4n) is 10.4. The van der Waals surface area contributed by atoms with E-state index in [9.17, 15) is 24.9 Å². The number of allylic oxidation sites excluding steroid dienone is 1. The first kappa shape index (κ1) is 35.8. The minimum Gasteiger partial charge on any atom is -0.390 e. The van der Waals surface area contributed by atoms with E-state index in [2.05, 4.69) is 27.4 Å². The predicted octanol–water partition coefficient (Wildman–Crippen LogP) is 8.23. The molecule has 0 bridgehead atoms. The van der Waals surface area contributed by atoms with Crippen molar-refractivity contribution in [2.75, 3.05) is 0 Å². The Morgan fingerprint density at radius 2 is 1.59 bits per heavy atom. The minimum atomic E-state index is -1.44. The summed E-state index contributed by atoms with van der Waals surface area (Å²) >= 11 is 0. The molecule has 4 saturated carbocycles. The van der Waals surface area contributed by atoms with Crippen LogP contribution in [0.1, 0.15) is 151 Å². The molecular formula is C39H66O5. The first-order valence-electron chi connectivity index (χ1n) is 18.4. The van der Waals surface area contributed by atoms with E-state index in [1.54, 1.807) is 19.9 Å². The molecule has 0 aromatic heterocycles. The average molecular weight is 615 g/mol. The summed E-state index contributed by atoms with van der Waals surface area (Å²) in [6.07, 6.45) is 16.9. The van der Waals surface area contributed by atoms with Crippen LogP contribution in [-0.4, -0.2) is 43.7 Å². The summed E-state index contributed by atoms with van der Waals surface area (Å²) in [4.78, 5) is 29.2. The second kappa shape index (κ2) is 14.0. The molecule has 0 aromatic carbocycles. The van der Waals surface area contributed by atoms with Crippen LogP contribution in [0, 0.1) is 52.8 Å². The van der Waals surface area contributed by atoms with Gasteiger partial charge in [0.15, 0.2) is 0 Å². The lowest BCUT2D eigenvalue weighted by atomic mass is 9.66. The van der Waals surface area contributed by atoms with Crippen LogP contribution in [0.5, 0.6) is 0 Å². The van der Waals surface area contributed by atoms with Gasteiger partial charge in [0.05, 0.1) is 16.8 Å². The Kier molecular flexibility index (Phi) is 11.4. The van der Waals surface area contributed by atoms with Crippen molar-refractivity contribution in [3.8, 4) is 0 Å². The molecule has 4 aliphatic rings. The molecule has 0 amide bonds. The molecule has 5 heteroatoms. The molecule has 5 nitrogen and oxygen atoms in total. The average Bonchev–Trinajstić information content (AvgIpc) is 3.41. The zero-order chi connectivity index (χ0) is 32.5. The van der Waals surface area contributed by atoms with Gasteiger partial charge in [0, 0.05) is 24.2 Å². The molecular weight excluding hydrogens is 548 g/mol. The Hall–Kier alpha value is -1.04. The Morgan fingerprint density at radius 1 is 0.977 bits per heavy atom. The zero-order valence-electron chi connectivity index (χ0n) is 29.1. The maximum absolute atomic E-state index is 14.7. The smallest absolute Gasteiger partial charge is 0.140 e. The number of fused-ring (bicyclic) bond motifs is 1. The molecule has 0 aromatic rings. The van der Waals surface area contributed by atoms with Gasteiger partial charge in [-0.1, -0.05) is 78.2 Å². The highest BCUT2D eigenvalue weighted by atomic mass is 16.4. The molecule has 9 atom stereocenters. The molecule has 3 N–H and O–H groups in total. The lowest BCUT2D eigenvalue weighted by Crippen LogP contribution is -2.55. The third-order valence-electron chi connectivity index (χ3n) is 13.5. The third-order valence-corrected chi connectivity index (χ3v) is 13.5. The molecule has 0 radical (unpaired) electrons. The van der Waals surface area contributed by atoms with Crippen LogP contribution in [-0.2, 0) is 9.59 Å². The van der Waals surface area contributed by atoms with Crippen LogP contribution in [0.25, 0.3) is 0 Å². The van der Waals surface area contributed by atoms with Gasteiger partial charge in [0.1, 0.15) is 11.6 Å². The van der Waals surface area contributed by atoms with Crippen molar-refractivity contribution in [3.05, 3.63) is 12.7 Å². The first-order valence-corrected chi connectivity index (χ1v) is 18.4. The van der Waals surface area contributed by atoms with Crippen molar-refractivity contribution < 1.29 is 24.9 Å². The van der Waals surface area contributed by atoms with Gasteiger partial charge in [-0.05, 0) is 107 Å². The highest BCUT2D eigenvalue weighted by Crippen LogP contribution is 2.71. The van der Waals surface area contributed by atoms with Crippen LogP contribution in [0.3, 0.4) is 0 Å². The fourth-order valence-corrected chi connectivity index (χ4v) is 10.4. The van der Waals surface area contributed by atoms with Crippen molar-refractivity contribution in [2.24, 2.45) is 52.8 Å². The number of aliphatic hydroxyl groups is 3. The molecule has 0 aliphatic heterocycles. The van der Waals surface area contributed by atoms with E-state index in [1.165, 1.54) is 32.1 Å². The van der Waals surface area contributed by atoms with E-state index in [4.69, 9.17) is 0 Å². The summed E-state index contributed by atoms with van der Waals surface area (Å²) in [5, 5.41) is 34.9. The Balaban J connectivity index is 1.56. The molecule has 4 rings (SSSR count). The number of hydrogen-bond acceptors (Lipinski definition) is 5. The van der Waals surface area contributed by atoms with Gasteiger partial charge in [-0.2, -0.15) is 0 Å². The highest BCUT2D eigenvalue weighted by molar-refractivity contribution is 5.93. The van der Waals surface area contributed by atoms with Crippen molar-refractivity contribution in [1.82, 2.24) is 0 Å². The van der Waals surface area contributed by atoms with Crippen LogP contribution in [0.4, 0.5) is 0 Å². The van der Waals surface area contributed by atoms with Gasteiger partial charge in [-0.15, -0.1) is 6.58 Å². The summed E-state index contributed by atoms with van der Waals surface area (Å²) in [6.45, 7) is 15.6. The van der Waals surface area contributed by atoms with E-state index in [0.717, 1.165) is 44.9 Å². The maximum atomic E-state index is 14.7. The molecule has 0 spiro atoms. The van der Waals surface area contributed by atoms with E-state index < -0.39 is 22.7 Å². The lowest BCUT2D eigenvalue weighted by molar-refractivity contribution is -0.171. The normalized spacial score (nSPS) is 32.6.